The Bertz CT molecular complexity index is 591. The van der Waals surface area contributed by atoms with Crippen LogP contribution in [-0.2, 0) is 16.4 Å². The van der Waals surface area contributed by atoms with E-state index in [-0.39, 0.29) is 18.8 Å². The molecule has 1 N–H and O–H groups in total. The zero-order chi connectivity index (χ0) is 16.3. The lowest BCUT2D eigenvalue weighted by molar-refractivity contribution is -0.0505. The highest BCUT2D eigenvalue weighted by Crippen LogP contribution is 2.24. The molecule has 0 aliphatic heterocycles. The van der Waals surface area contributed by atoms with Gasteiger partial charge in [0.2, 0.25) is 0 Å². The molecule has 0 saturated heterocycles. The molecule has 0 bridgehead atoms. The largest absolute Gasteiger partial charge is 0.434 e. The van der Waals surface area contributed by atoms with Crippen molar-refractivity contribution < 1.29 is 21.9 Å². The third-order valence-corrected chi connectivity index (χ3v) is 5.50. The molecule has 0 aliphatic carbocycles. The van der Waals surface area contributed by atoms with Crippen LogP contribution in [0, 0.1) is 0 Å². The van der Waals surface area contributed by atoms with E-state index in [1.54, 1.807) is 13.8 Å². The summed E-state index contributed by atoms with van der Waals surface area (Å²) in [7, 11) is -3.23. The summed E-state index contributed by atoms with van der Waals surface area (Å²) >= 11 is 5.83. The van der Waals surface area contributed by atoms with Gasteiger partial charge in [-0.15, -0.1) is 0 Å². The number of hydrogen-bond acceptors (Lipinski definition) is 4. The molecule has 4 nitrogen and oxygen atoms in total. The van der Waals surface area contributed by atoms with Gasteiger partial charge in [0, 0.05) is 29.9 Å². The van der Waals surface area contributed by atoms with Crippen molar-refractivity contribution in [1.29, 1.82) is 0 Å². The quantitative estimate of drug-likeness (QED) is 0.828. The number of rotatable bonds is 7. The van der Waals surface area contributed by atoms with Gasteiger partial charge in [-0.25, -0.2) is 8.42 Å². The van der Waals surface area contributed by atoms with E-state index in [1.807, 2.05) is 0 Å². The van der Waals surface area contributed by atoms with Gasteiger partial charge in [0.25, 0.3) is 0 Å². The number of ether oxygens (including phenoxy) is 1. The van der Waals surface area contributed by atoms with E-state index in [9.17, 15) is 17.2 Å². The van der Waals surface area contributed by atoms with Crippen LogP contribution in [0.3, 0.4) is 0 Å². The molecule has 0 saturated carbocycles. The predicted octanol–water partition coefficient (Wildman–Crippen LogP) is 2.85. The first kappa shape index (κ1) is 18.1. The summed E-state index contributed by atoms with van der Waals surface area (Å²) in [5.74, 6) is 0.0130. The highest BCUT2D eigenvalue weighted by Gasteiger charge is 2.29. The molecule has 0 radical (unpaired) electrons. The third-order valence-electron chi connectivity index (χ3n) is 3.11. The number of halogens is 3. The van der Waals surface area contributed by atoms with E-state index in [4.69, 9.17) is 11.6 Å². The Morgan fingerprint density at radius 2 is 2.00 bits per heavy atom. The lowest BCUT2D eigenvalue weighted by Gasteiger charge is -2.23. The maximum Gasteiger partial charge on any atom is 0.387 e. The first-order valence-corrected chi connectivity index (χ1v) is 8.43. The Hall–Kier alpha value is -0.920. The van der Waals surface area contributed by atoms with E-state index in [0.29, 0.717) is 10.6 Å². The zero-order valence-electron chi connectivity index (χ0n) is 12.0. The van der Waals surface area contributed by atoms with Crippen molar-refractivity contribution in [2.45, 2.75) is 31.8 Å². The van der Waals surface area contributed by atoms with Crippen LogP contribution in [0.1, 0.15) is 19.4 Å². The summed E-state index contributed by atoms with van der Waals surface area (Å²) in [5.41, 5.74) is 0.437. The smallest absolute Gasteiger partial charge is 0.387 e. The number of sulfone groups is 1. The average Bonchev–Trinajstić information content (AvgIpc) is 2.30. The van der Waals surface area contributed by atoms with Gasteiger partial charge in [0.05, 0.1) is 4.75 Å². The highest BCUT2D eigenvalue weighted by atomic mass is 35.5. The molecule has 8 heteroatoms. The minimum atomic E-state index is -3.23. The van der Waals surface area contributed by atoms with Crippen molar-refractivity contribution in [2.75, 3.05) is 12.8 Å². The molecule has 21 heavy (non-hydrogen) atoms. The van der Waals surface area contributed by atoms with E-state index in [0.717, 1.165) is 6.26 Å². The minimum absolute atomic E-state index is 0.0130. The van der Waals surface area contributed by atoms with E-state index < -0.39 is 21.2 Å². The summed E-state index contributed by atoms with van der Waals surface area (Å²) in [5, 5.41) is 3.31. The lowest BCUT2D eigenvalue weighted by Crippen LogP contribution is -2.41. The van der Waals surface area contributed by atoms with Gasteiger partial charge < -0.3 is 10.1 Å². The molecule has 0 aliphatic rings. The Morgan fingerprint density at radius 1 is 1.38 bits per heavy atom. The SMILES string of the molecule is CC(C)(CNCc1cc(Cl)ccc1OC(F)F)S(C)(=O)=O. The summed E-state index contributed by atoms with van der Waals surface area (Å²) in [6, 6.07) is 4.30. The molecule has 1 aromatic carbocycles. The monoisotopic (exact) mass is 341 g/mol. The molecular formula is C13H18ClF2NO3S. The third kappa shape index (κ3) is 5.41. The second-order valence-corrected chi connectivity index (χ2v) is 8.35. The lowest BCUT2D eigenvalue weighted by atomic mass is 10.1. The molecule has 0 spiro atoms. The fraction of sp³-hybridized carbons (Fsp3) is 0.538. The van der Waals surface area contributed by atoms with Gasteiger partial charge in [0.15, 0.2) is 9.84 Å². The number of hydrogen-bond donors (Lipinski definition) is 1. The van der Waals surface area contributed by atoms with Crippen LogP contribution in [0.25, 0.3) is 0 Å². The Balaban J connectivity index is 2.77. The molecule has 1 rings (SSSR count). The van der Waals surface area contributed by atoms with Crippen LogP contribution in [0.2, 0.25) is 5.02 Å². The van der Waals surface area contributed by atoms with Crippen molar-refractivity contribution >= 4 is 21.4 Å². The fourth-order valence-corrected chi connectivity index (χ4v) is 2.09. The summed E-state index contributed by atoms with van der Waals surface area (Å²) < 4.78 is 51.2. The predicted molar refractivity (Wildman–Crippen MR) is 78.7 cm³/mol. The van der Waals surface area contributed by atoms with Crippen LogP contribution < -0.4 is 10.1 Å². The van der Waals surface area contributed by atoms with Gasteiger partial charge >= 0.3 is 6.61 Å². The number of alkyl halides is 2. The van der Waals surface area contributed by atoms with Crippen LogP contribution >= 0.6 is 11.6 Å². The molecule has 0 amide bonds. The number of benzene rings is 1. The van der Waals surface area contributed by atoms with Crippen molar-refractivity contribution in [3.8, 4) is 5.75 Å². The molecule has 0 aromatic heterocycles. The van der Waals surface area contributed by atoms with Crippen molar-refractivity contribution in [3.05, 3.63) is 28.8 Å². The summed E-state index contributed by atoms with van der Waals surface area (Å²) in [4.78, 5) is 0. The van der Waals surface area contributed by atoms with Crippen molar-refractivity contribution in [2.24, 2.45) is 0 Å². The normalized spacial score (nSPS) is 12.7. The molecule has 0 heterocycles. The molecule has 0 fully saturated rings. The highest BCUT2D eigenvalue weighted by molar-refractivity contribution is 7.92. The molecule has 0 atom stereocenters. The van der Waals surface area contributed by atoms with Crippen LogP contribution in [0.15, 0.2) is 18.2 Å². The van der Waals surface area contributed by atoms with Crippen LogP contribution in [0.4, 0.5) is 8.78 Å². The molecule has 1 aromatic rings. The average molecular weight is 342 g/mol. The first-order chi connectivity index (χ1) is 9.53. The van der Waals surface area contributed by atoms with E-state index in [2.05, 4.69) is 10.1 Å². The molecule has 0 unspecified atom stereocenters. The van der Waals surface area contributed by atoms with Crippen LogP contribution in [0.5, 0.6) is 5.75 Å². The second kappa shape index (κ2) is 6.89. The van der Waals surface area contributed by atoms with Gasteiger partial charge in [-0.2, -0.15) is 8.78 Å². The van der Waals surface area contributed by atoms with Gasteiger partial charge in [-0.1, -0.05) is 11.6 Å². The summed E-state index contributed by atoms with van der Waals surface area (Å²) in [6.07, 6.45) is 1.15. The Kier molecular flexibility index (Phi) is 5.95. The first-order valence-electron chi connectivity index (χ1n) is 6.16. The van der Waals surface area contributed by atoms with Gasteiger partial charge in [0.1, 0.15) is 5.75 Å². The Morgan fingerprint density at radius 3 is 2.52 bits per heavy atom. The van der Waals surface area contributed by atoms with Crippen molar-refractivity contribution in [1.82, 2.24) is 5.32 Å². The summed E-state index contributed by atoms with van der Waals surface area (Å²) in [6.45, 7) is 0.583. The topological polar surface area (TPSA) is 55.4 Å². The second-order valence-electron chi connectivity index (χ2n) is 5.27. The number of nitrogens with one attached hydrogen (secondary N) is 1. The zero-order valence-corrected chi connectivity index (χ0v) is 13.6. The Labute approximate surface area is 128 Å². The minimum Gasteiger partial charge on any atom is -0.434 e. The van der Waals surface area contributed by atoms with E-state index >= 15 is 0 Å². The maximum atomic E-state index is 12.3. The van der Waals surface area contributed by atoms with E-state index in [1.165, 1.54) is 18.2 Å². The fourth-order valence-electron chi connectivity index (χ4n) is 1.53. The maximum absolute atomic E-state index is 12.3. The van der Waals surface area contributed by atoms with Gasteiger partial charge in [-0.05, 0) is 32.0 Å². The van der Waals surface area contributed by atoms with Crippen molar-refractivity contribution in [3.63, 3.8) is 0 Å². The molecular weight excluding hydrogens is 324 g/mol. The molecule has 120 valence electrons. The van der Waals surface area contributed by atoms with Crippen LogP contribution in [-0.4, -0.2) is 32.6 Å². The van der Waals surface area contributed by atoms with Gasteiger partial charge in [-0.3, -0.25) is 0 Å². The standard InChI is InChI=1S/C13H18ClF2NO3S/c1-13(2,21(3,18)19)8-17-7-9-6-10(14)4-5-11(9)20-12(15)16/h4-6,12,17H,7-8H2,1-3H3.